The molecule has 0 saturated carbocycles. The number of fused-ring (bicyclic) bond motifs is 1. The molecule has 0 unspecified atom stereocenters. The summed E-state index contributed by atoms with van der Waals surface area (Å²) in [7, 11) is -1.89. The predicted octanol–water partition coefficient (Wildman–Crippen LogP) is 0.632. The van der Waals surface area contributed by atoms with E-state index < -0.39 is 15.6 Å². The molecular formula is C14H22N4O3S. The number of aryl methyl sites for hydroxylation is 1. The number of sulfonamides is 1. The van der Waals surface area contributed by atoms with Crippen LogP contribution >= 0.6 is 0 Å². The van der Waals surface area contributed by atoms with Gasteiger partial charge >= 0.3 is 0 Å². The van der Waals surface area contributed by atoms with Crippen LogP contribution in [0.3, 0.4) is 0 Å². The van der Waals surface area contributed by atoms with Crippen LogP contribution in [0, 0.1) is 0 Å². The number of rotatable bonds is 2. The second kappa shape index (κ2) is 5.34. The van der Waals surface area contributed by atoms with Crippen molar-refractivity contribution in [1.29, 1.82) is 0 Å². The fraction of sp³-hybridized carbons (Fsp3) is 0.714. The fourth-order valence-corrected chi connectivity index (χ4v) is 5.38. The Hall–Kier alpha value is -1.41. The van der Waals surface area contributed by atoms with E-state index in [4.69, 9.17) is 0 Å². The molecule has 2 fully saturated rings. The Labute approximate surface area is 130 Å². The van der Waals surface area contributed by atoms with Crippen LogP contribution in [0.4, 0.5) is 0 Å². The zero-order valence-electron chi connectivity index (χ0n) is 12.9. The van der Waals surface area contributed by atoms with E-state index in [2.05, 4.69) is 10.3 Å². The third-order valence-corrected chi connectivity index (χ3v) is 6.51. The molecule has 3 rings (SSSR count). The van der Waals surface area contributed by atoms with Crippen molar-refractivity contribution in [3.63, 3.8) is 0 Å². The summed E-state index contributed by atoms with van der Waals surface area (Å²) in [6.45, 7) is 2.44. The summed E-state index contributed by atoms with van der Waals surface area (Å²) in [6.07, 6.45) is 6.42. The van der Waals surface area contributed by atoms with Gasteiger partial charge in [0.15, 0.2) is 5.03 Å². The van der Waals surface area contributed by atoms with Crippen molar-refractivity contribution in [2.75, 3.05) is 6.54 Å². The van der Waals surface area contributed by atoms with Crippen LogP contribution in [0.15, 0.2) is 17.6 Å². The van der Waals surface area contributed by atoms with Crippen molar-refractivity contribution < 1.29 is 13.2 Å². The van der Waals surface area contributed by atoms with Gasteiger partial charge < -0.3 is 9.88 Å². The maximum absolute atomic E-state index is 12.9. The van der Waals surface area contributed by atoms with Gasteiger partial charge in [-0.1, -0.05) is 0 Å². The second-order valence-corrected chi connectivity index (χ2v) is 8.31. The molecule has 0 aliphatic carbocycles. The number of imidazole rings is 1. The van der Waals surface area contributed by atoms with Crippen molar-refractivity contribution in [2.24, 2.45) is 7.05 Å². The average Bonchev–Trinajstić information content (AvgIpc) is 2.80. The topological polar surface area (TPSA) is 84.3 Å². The van der Waals surface area contributed by atoms with Crippen LogP contribution in [0.25, 0.3) is 0 Å². The lowest BCUT2D eigenvalue weighted by atomic mass is 9.82. The van der Waals surface area contributed by atoms with Crippen LogP contribution in [-0.2, 0) is 21.9 Å². The molecule has 0 spiro atoms. The van der Waals surface area contributed by atoms with E-state index in [1.54, 1.807) is 15.9 Å². The monoisotopic (exact) mass is 326 g/mol. The molecule has 1 aromatic rings. The summed E-state index contributed by atoms with van der Waals surface area (Å²) in [4.78, 5) is 15.9. The molecule has 1 amide bonds. The Morgan fingerprint density at radius 1 is 1.41 bits per heavy atom. The molecule has 2 aliphatic heterocycles. The molecule has 7 nitrogen and oxygen atoms in total. The quantitative estimate of drug-likeness (QED) is 0.864. The van der Waals surface area contributed by atoms with Gasteiger partial charge in [-0.3, -0.25) is 4.79 Å². The summed E-state index contributed by atoms with van der Waals surface area (Å²) >= 11 is 0. The van der Waals surface area contributed by atoms with Crippen LogP contribution in [0.2, 0.25) is 0 Å². The first-order valence-electron chi connectivity index (χ1n) is 7.64. The van der Waals surface area contributed by atoms with Crippen LogP contribution in [0.5, 0.6) is 0 Å². The van der Waals surface area contributed by atoms with Gasteiger partial charge in [-0.2, -0.15) is 4.31 Å². The normalized spacial score (nSPS) is 30.5. The van der Waals surface area contributed by atoms with Gasteiger partial charge in [-0.25, -0.2) is 13.4 Å². The van der Waals surface area contributed by atoms with Gasteiger partial charge in [0, 0.05) is 32.3 Å². The number of aromatic nitrogens is 2. The maximum Gasteiger partial charge on any atom is 0.262 e. The summed E-state index contributed by atoms with van der Waals surface area (Å²) in [5.41, 5.74) is -0.492. The number of nitrogens with zero attached hydrogens (tertiary/aromatic N) is 3. The highest BCUT2D eigenvalue weighted by molar-refractivity contribution is 7.89. The van der Waals surface area contributed by atoms with Gasteiger partial charge in [0.25, 0.3) is 10.0 Å². The van der Waals surface area contributed by atoms with Crippen molar-refractivity contribution in [2.45, 2.75) is 55.6 Å². The second-order valence-electron chi connectivity index (χ2n) is 6.47. The number of nitrogens with one attached hydrogen (secondary N) is 1. The van der Waals surface area contributed by atoms with E-state index in [0.717, 1.165) is 12.8 Å². The summed E-state index contributed by atoms with van der Waals surface area (Å²) < 4.78 is 29.0. The molecule has 1 aromatic heterocycles. The van der Waals surface area contributed by atoms with E-state index in [1.165, 1.54) is 12.5 Å². The smallest absolute Gasteiger partial charge is 0.262 e. The lowest BCUT2D eigenvalue weighted by Crippen LogP contribution is -2.63. The minimum Gasteiger partial charge on any atom is -0.349 e. The van der Waals surface area contributed by atoms with E-state index in [0.29, 0.717) is 25.8 Å². The number of hydrogen-bond acceptors (Lipinski definition) is 4. The van der Waals surface area contributed by atoms with Crippen molar-refractivity contribution >= 4 is 15.9 Å². The molecule has 22 heavy (non-hydrogen) atoms. The first-order valence-corrected chi connectivity index (χ1v) is 9.08. The molecule has 122 valence electrons. The van der Waals surface area contributed by atoms with Crippen molar-refractivity contribution in [3.8, 4) is 0 Å². The largest absolute Gasteiger partial charge is 0.349 e. The zero-order valence-corrected chi connectivity index (χ0v) is 13.8. The molecule has 0 aromatic carbocycles. The van der Waals surface area contributed by atoms with E-state index in [1.807, 2.05) is 6.92 Å². The average molecular weight is 326 g/mol. The molecule has 2 saturated heterocycles. The van der Waals surface area contributed by atoms with Crippen LogP contribution in [-0.4, -0.2) is 46.3 Å². The molecule has 0 bridgehead atoms. The molecule has 1 N–H and O–H groups in total. The van der Waals surface area contributed by atoms with E-state index in [-0.39, 0.29) is 17.0 Å². The SMILES string of the molecule is Cn1cnc(S(=O)(=O)N2CCC[C@]3(C)NC(=O)CCC[C@H]23)c1. The first-order chi connectivity index (χ1) is 10.3. The third-order valence-electron chi connectivity index (χ3n) is 4.72. The van der Waals surface area contributed by atoms with Crippen molar-refractivity contribution in [3.05, 3.63) is 12.5 Å². The van der Waals surface area contributed by atoms with Gasteiger partial charge in [0.05, 0.1) is 11.9 Å². The highest BCUT2D eigenvalue weighted by atomic mass is 32.2. The summed E-state index contributed by atoms with van der Waals surface area (Å²) in [5, 5.41) is 3.12. The minimum atomic E-state index is -3.63. The number of carbonyl (C=O) groups excluding carboxylic acids is 1. The molecule has 2 atom stereocenters. The minimum absolute atomic E-state index is 0.0158. The highest BCUT2D eigenvalue weighted by Gasteiger charge is 2.48. The van der Waals surface area contributed by atoms with Gasteiger partial charge in [0.1, 0.15) is 0 Å². The summed E-state index contributed by atoms with van der Waals surface area (Å²) in [5.74, 6) is 0.0158. The van der Waals surface area contributed by atoms with Gasteiger partial charge in [-0.15, -0.1) is 0 Å². The van der Waals surface area contributed by atoms with E-state index >= 15 is 0 Å². The maximum atomic E-state index is 12.9. The number of carbonyl (C=O) groups is 1. The molecule has 3 heterocycles. The third kappa shape index (κ3) is 2.54. The van der Waals surface area contributed by atoms with Gasteiger partial charge in [-0.05, 0) is 32.6 Å². The van der Waals surface area contributed by atoms with E-state index in [9.17, 15) is 13.2 Å². The zero-order chi connectivity index (χ0) is 16.0. The lowest BCUT2D eigenvalue weighted by Gasteiger charge is -2.46. The molecular weight excluding hydrogens is 304 g/mol. The van der Waals surface area contributed by atoms with Crippen LogP contribution < -0.4 is 5.32 Å². The number of hydrogen-bond donors (Lipinski definition) is 1. The first kappa shape index (κ1) is 15.5. The molecule has 0 radical (unpaired) electrons. The Morgan fingerprint density at radius 2 is 2.18 bits per heavy atom. The number of amides is 1. The summed E-state index contributed by atoms with van der Waals surface area (Å²) in [6, 6.07) is -0.209. The lowest BCUT2D eigenvalue weighted by molar-refractivity contribution is -0.123. The number of piperidine rings is 1. The molecule has 8 heteroatoms. The predicted molar refractivity (Wildman–Crippen MR) is 80.5 cm³/mol. The van der Waals surface area contributed by atoms with Crippen molar-refractivity contribution in [1.82, 2.24) is 19.2 Å². The van der Waals surface area contributed by atoms with Gasteiger partial charge in [0.2, 0.25) is 5.91 Å². The fourth-order valence-electron chi connectivity index (χ4n) is 3.62. The highest BCUT2D eigenvalue weighted by Crippen LogP contribution is 2.36. The Balaban J connectivity index is 1.98. The van der Waals surface area contributed by atoms with Crippen LogP contribution in [0.1, 0.15) is 39.0 Å². The molecule has 2 aliphatic rings. The Bertz CT molecular complexity index is 684. The Morgan fingerprint density at radius 3 is 2.86 bits per heavy atom. The Kier molecular flexibility index (Phi) is 3.76. The standard InChI is InChI=1S/C14H22N4O3S/c1-14-7-4-8-18(11(14)5-3-6-12(19)16-14)22(20,21)13-9-17(2)10-15-13/h9-11H,3-8H2,1-2H3,(H,16,19)/t11-,14-/m0/s1.